The largest absolute Gasteiger partial charge is 0.489 e. The molecule has 2 N–H and O–H groups in total. The van der Waals surface area contributed by atoms with Gasteiger partial charge in [-0.25, -0.2) is 0 Å². The molecule has 0 saturated carbocycles. The molecule has 0 aliphatic carbocycles. The summed E-state index contributed by atoms with van der Waals surface area (Å²) in [5.74, 6) is 0.533. The number of benzene rings is 2. The van der Waals surface area contributed by atoms with E-state index in [4.69, 9.17) is 10.1 Å². The minimum absolute atomic E-state index is 0.129. The van der Waals surface area contributed by atoms with Crippen molar-refractivity contribution in [3.8, 4) is 11.4 Å². The molecule has 0 amide bonds. The van der Waals surface area contributed by atoms with Gasteiger partial charge in [0.05, 0.1) is 0 Å². The van der Waals surface area contributed by atoms with Crippen LogP contribution in [0.3, 0.4) is 0 Å². The Morgan fingerprint density at radius 2 is 1.72 bits per heavy atom. The molecular weight excluding hydrogens is 398 g/mol. The monoisotopic (exact) mass is 433 g/mol. The van der Waals surface area contributed by atoms with Gasteiger partial charge >= 0.3 is 0 Å². The standard InChI is InChI=1S/C24H27N3O2.C3H8/c1-24(2,3)17-26-22-10-9-20(13-19(22)15-25)27-12-11-21(14-23(27)28)29-16-18-7-5-4-6-8-18;1-3-2/h4-15,25-26H,16-17H2,1-3H3;3H2,1-2H3. The van der Waals surface area contributed by atoms with Crippen LogP contribution in [0.5, 0.6) is 5.75 Å². The summed E-state index contributed by atoms with van der Waals surface area (Å²) in [6.45, 7) is 11.9. The first-order valence-electron chi connectivity index (χ1n) is 11.1. The Hall–Kier alpha value is -3.34. The van der Waals surface area contributed by atoms with Gasteiger partial charge in [0.15, 0.2) is 0 Å². The molecule has 5 nitrogen and oxygen atoms in total. The van der Waals surface area contributed by atoms with Gasteiger partial charge in [-0.3, -0.25) is 9.36 Å². The topological polar surface area (TPSA) is 67.1 Å². The molecule has 0 radical (unpaired) electrons. The van der Waals surface area contributed by atoms with Gasteiger partial charge < -0.3 is 15.5 Å². The molecule has 32 heavy (non-hydrogen) atoms. The first kappa shape index (κ1) is 24.9. The van der Waals surface area contributed by atoms with Crippen LogP contribution in [-0.4, -0.2) is 17.3 Å². The van der Waals surface area contributed by atoms with Crippen molar-refractivity contribution in [2.75, 3.05) is 11.9 Å². The van der Waals surface area contributed by atoms with Crippen molar-refractivity contribution in [2.45, 2.75) is 47.6 Å². The molecule has 0 bridgehead atoms. The lowest BCUT2D eigenvalue weighted by molar-refractivity contribution is 0.305. The number of anilines is 1. The fraction of sp³-hybridized carbons (Fsp3) is 0.333. The fourth-order valence-corrected chi connectivity index (χ4v) is 2.85. The lowest BCUT2D eigenvalue weighted by atomic mass is 9.96. The molecule has 0 unspecified atom stereocenters. The highest BCUT2D eigenvalue weighted by molar-refractivity contribution is 5.86. The second-order valence-electron chi connectivity index (χ2n) is 8.88. The van der Waals surface area contributed by atoms with Crippen molar-refractivity contribution in [3.05, 3.63) is 88.3 Å². The van der Waals surface area contributed by atoms with Gasteiger partial charge in [-0.2, -0.15) is 0 Å². The Bertz CT molecular complexity index is 1050. The second kappa shape index (κ2) is 11.9. The molecule has 2 aromatic carbocycles. The predicted octanol–water partition coefficient (Wildman–Crippen LogP) is 6.29. The van der Waals surface area contributed by atoms with Gasteiger partial charge in [0.2, 0.25) is 0 Å². The second-order valence-corrected chi connectivity index (χ2v) is 8.88. The number of rotatable bonds is 7. The van der Waals surface area contributed by atoms with E-state index in [1.807, 2.05) is 48.5 Å². The molecule has 3 rings (SSSR count). The Morgan fingerprint density at radius 3 is 2.31 bits per heavy atom. The van der Waals surface area contributed by atoms with Crippen LogP contribution < -0.4 is 15.6 Å². The van der Waals surface area contributed by atoms with Gasteiger partial charge in [0.25, 0.3) is 5.56 Å². The highest BCUT2D eigenvalue weighted by Gasteiger charge is 2.11. The quantitative estimate of drug-likeness (QED) is 0.430. The first-order valence-corrected chi connectivity index (χ1v) is 11.1. The molecular formula is C27H35N3O2. The van der Waals surface area contributed by atoms with Gasteiger partial charge in [0.1, 0.15) is 12.4 Å². The van der Waals surface area contributed by atoms with Crippen molar-refractivity contribution in [3.63, 3.8) is 0 Å². The number of nitrogens with zero attached hydrogens (tertiary/aromatic N) is 1. The summed E-state index contributed by atoms with van der Waals surface area (Å²) < 4.78 is 7.28. The lowest BCUT2D eigenvalue weighted by Crippen LogP contribution is -2.20. The van der Waals surface area contributed by atoms with E-state index >= 15 is 0 Å². The summed E-state index contributed by atoms with van der Waals surface area (Å²) in [6, 6.07) is 18.7. The molecule has 1 aromatic heterocycles. The fourth-order valence-electron chi connectivity index (χ4n) is 2.85. The molecule has 0 saturated heterocycles. The van der Waals surface area contributed by atoms with Gasteiger partial charge in [-0.1, -0.05) is 71.4 Å². The molecule has 0 aliphatic heterocycles. The number of ether oxygens (including phenoxy) is 1. The van der Waals surface area contributed by atoms with Crippen LogP contribution in [0.25, 0.3) is 5.69 Å². The summed E-state index contributed by atoms with van der Waals surface area (Å²) in [5.41, 5.74) is 3.33. The molecule has 0 aliphatic rings. The van der Waals surface area contributed by atoms with Gasteiger partial charge in [-0.05, 0) is 35.2 Å². The summed E-state index contributed by atoms with van der Waals surface area (Å²) in [4.78, 5) is 12.6. The Morgan fingerprint density at radius 1 is 1.03 bits per heavy atom. The van der Waals surface area contributed by atoms with Crippen molar-refractivity contribution < 1.29 is 4.74 Å². The Kier molecular flexibility index (Phi) is 9.26. The van der Waals surface area contributed by atoms with Crippen LogP contribution in [0.1, 0.15) is 52.2 Å². The van der Waals surface area contributed by atoms with E-state index in [9.17, 15) is 4.79 Å². The van der Waals surface area contributed by atoms with Crippen molar-refractivity contribution in [2.24, 2.45) is 5.41 Å². The van der Waals surface area contributed by atoms with Gasteiger partial charge in [0, 0.05) is 42.0 Å². The van der Waals surface area contributed by atoms with E-state index in [2.05, 4.69) is 39.9 Å². The zero-order valence-electron chi connectivity index (χ0n) is 19.8. The number of aromatic nitrogens is 1. The van der Waals surface area contributed by atoms with Crippen LogP contribution in [0.15, 0.2) is 71.7 Å². The van der Waals surface area contributed by atoms with Crippen LogP contribution in [-0.2, 0) is 6.61 Å². The first-order chi connectivity index (χ1) is 15.3. The maximum absolute atomic E-state index is 12.6. The number of hydrogen-bond donors (Lipinski definition) is 2. The minimum Gasteiger partial charge on any atom is -0.489 e. The highest BCUT2D eigenvalue weighted by Crippen LogP contribution is 2.21. The predicted molar refractivity (Wildman–Crippen MR) is 135 cm³/mol. The molecule has 3 aromatic rings. The summed E-state index contributed by atoms with van der Waals surface area (Å²) in [6.07, 6.45) is 4.25. The van der Waals surface area contributed by atoms with Crippen LogP contribution in [0.4, 0.5) is 5.69 Å². The third-order valence-electron chi connectivity index (χ3n) is 4.42. The number of hydrogen-bond acceptors (Lipinski definition) is 4. The van der Waals surface area contributed by atoms with Crippen LogP contribution in [0, 0.1) is 10.8 Å². The Labute approximate surface area is 191 Å². The summed E-state index contributed by atoms with van der Waals surface area (Å²) in [5, 5.41) is 11.1. The minimum atomic E-state index is -0.179. The van der Waals surface area contributed by atoms with Gasteiger partial charge in [-0.15, -0.1) is 0 Å². The van der Waals surface area contributed by atoms with Crippen LogP contribution in [0.2, 0.25) is 0 Å². The molecule has 1 heterocycles. The molecule has 0 fully saturated rings. The van der Waals surface area contributed by atoms with Crippen molar-refractivity contribution in [1.82, 2.24) is 4.57 Å². The van der Waals surface area contributed by atoms with Crippen molar-refractivity contribution in [1.29, 1.82) is 5.41 Å². The molecule has 0 spiro atoms. The molecule has 0 atom stereocenters. The smallest absolute Gasteiger partial charge is 0.258 e. The van der Waals surface area contributed by atoms with E-state index in [0.29, 0.717) is 18.0 Å². The summed E-state index contributed by atoms with van der Waals surface area (Å²) in [7, 11) is 0. The Balaban J connectivity index is 0.00000114. The normalized spacial score (nSPS) is 10.7. The average molecular weight is 434 g/mol. The van der Waals surface area contributed by atoms with E-state index < -0.39 is 0 Å². The molecule has 5 heteroatoms. The SMILES string of the molecule is CC(C)(C)CNc1ccc(-n2ccc(OCc3ccccc3)cc2=O)cc1C=N.CCC. The maximum atomic E-state index is 12.6. The molecule has 170 valence electrons. The summed E-state index contributed by atoms with van der Waals surface area (Å²) >= 11 is 0. The highest BCUT2D eigenvalue weighted by atomic mass is 16.5. The lowest BCUT2D eigenvalue weighted by Gasteiger charge is -2.21. The maximum Gasteiger partial charge on any atom is 0.258 e. The number of pyridine rings is 1. The number of nitrogens with one attached hydrogen (secondary N) is 2. The van der Waals surface area contributed by atoms with E-state index in [1.165, 1.54) is 18.7 Å². The van der Waals surface area contributed by atoms with Crippen molar-refractivity contribution >= 4 is 11.9 Å². The zero-order chi connectivity index (χ0) is 23.6. The third-order valence-corrected chi connectivity index (χ3v) is 4.42. The van der Waals surface area contributed by atoms with Crippen LogP contribution >= 0.6 is 0 Å². The van der Waals surface area contributed by atoms with E-state index in [-0.39, 0.29) is 11.0 Å². The zero-order valence-corrected chi connectivity index (χ0v) is 19.8. The van der Waals surface area contributed by atoms with E-state index in [0.717, 1.165) is 23.4 Å². The average Bonchev–Trinajstić information content (AvgIpc) is 2.77. The van der Waals surface area contributed by atoms with E-state index in [1.54, 1.807) is 16.8 Å². The third kappa shape index (κ3) is 7.73.